The van der Waals surface area contributed by atoms with E-state index in [4.69, 9.17) is 10.7 Å². The van der Waals surface area contributed by atoms with E-state index < -0.39 is 11.4 Å². The zero-order valence-electron chi connectivity index (χ0n) is 20.5. The average Bonchev–Trinajstić information content (AvgIpc) is 3.49. The van der Waals surface area contributed by atoms with Crippen LogP contribution in [0.4, 0.5) is 10.9 Å². The number of primary amides is 1. The molecule has 1 aliphatic heterocycles. The maximum absolute atomic E-state index is 13.5. The Hall–Kier alpha value is -2.75. The Labute approximate surface area is 205 Å². The molecule has 0 bridgehead atoms. The van der Waals surface area contributed by atoms with Crippen LogP contribution in [0.5, 0.6) is 0 Å². The molecule has 2 aliphatic rings. The normalized spacial score (nSPS) is 18.5. The van der Waals surface area contributed by atoms with Crippen molar-refractivity contribution in [1.29, 1.82) is 0 Å². The molecule has 2 amide bonds. The zero-order chi connectivity index (χ0) is 24.5. The van der Waals surface area contributed by atoms with Gasteiger partial charge in [0, 0.05) is 31.6 Å². The Balaban J connectivity index is 1.48. The molecule has 4 rings (SSSR count). The molecule has 0 spiro atoms. The van der Waals surface area contributed by atoms with E-state index in [1.165, 1.54) is 37.0 Å². The van der Waals surface area contributed by atoms with Gasteiger partial charge in [0.25, 0.3) is 11.8 Å². The van der Waals surface area contributed by atoms with Gasteiger partial charge in [-0.3, -0.25) is 9.59 Å². The van der Waals surface area contributed by atoms with Crippen molar-refractivity contribution < 1.29 is 9.59 Å². The van der Waals surface area contributed by atoms with Gasteiger partial charge in [-0.25, -0.2) is 15.0 Å². The Morgan fingerprint density at radius 1 is 1.21 bits per heavy atom. The molecule has 34 heavy (non-hydrogen) atoms. The van der Waals surface area contributed by atoms with Crippen LogP contribution in [-0.4, -0.2) is 63.4 Å². The molecular formula is C24H35N7O2S. The fraction of sp³-hybridized carbons (Fsp3) is 0.625. The highest BCUT2D eigenvalue weighted by Crippen LogP contribution is 2.30. The van der Waals surface area contributed by atoms with E-state index in [2.05, 4.69) is 34.0 Å². The molecule has 10 heteroatoms. The van der Waals surface area contributed by atoms with Crippen molar-refractivity contribution in [3.05, 3.63) is 28.7 Å². The van der Waals surface area contributed by atoms with Gasteiger partial charge >= 0.3 is 0 Å². The number of nitrogens with one attached hydrogen (secondary N) is 1. The Morgan fingerprint density at radius 2 is 1.94 bits per heavy atom. The van der Waals surface area contributed by atoms with Gasteiger partial charge in [0.15, 0.2) is 5.13 Å². The first-order valence-corrected chi connectivity index (χ1v) is 13.0. The van der Waals surface area contributed by atoms with Crippen LogP contribution in [0.1, 0.15) is 86.0 Å². The van der Waals surface area contributed by atoms with Crippen molar-refractivity contribution in [3.8, 4) is 0 Å². The SMILES string of the molecule is CC(C)c1nc(C(=O)N2CCN(c3nc(C(N)=O)cs3)CC2(C)C)cnc1NCC1CCCC1. The van der Waals surface area contributed by atoms with Crippen molar-refractivity contribution in [1.82, 2.24) is 19.9 Å². The number of carbonyl (C=O) groups excluding carboxylic acids is 2. The van der Waals surface area contributed by atoms with Crippen molar-refractivity contribution in [2.45, 2.75) is 64.8 Å². The minimum Gasteiger partial charge on any atom is -0.368 e. The van der Waals surface area contributed by atoms with E-state index in [1.54, 1.807) is 11.6 Å². The second-order valence-electron chi connectivity index (χ2n) is 10.2. The lowest BCUT2D eigenvalue weighted by atomic mass is 9.98. The number of nitrogens with zero attached hydrogens (tertiary/aromatic N) is 5. The van der Waals surface area contributed by atoms with Crippen LogP contribution < -0.4 is 16.0 Å². The van der Waals surface area contributed by atoms with E-state index in [0.717, 1.165) is 23.2 Å². The molecule has 0 unspecified atom stereocenters. The van der Waals surface area contributed by atoms with Gasteiger partial charge in [-0.2, -0.15) is 0 Å². The van der Waals surface area contributed by atoms with Gasteiger partial charge in [-0.05, 0) is 38.5 Å². The van der Waals surface area contributed by atoms with Crippen molar-refractivity contribution in [2.75, 3.05) is 36.4 Å². The number of hydrogen-bond donors (Lipinski definition) is 2. The quantitative estimate of drug-likeness (QED) is 0.616. The number of rotatable bonds is 7. The predicted octanol–water partition coefficient (Wildman–Crippen LogP) is 3.50. The second kappa shape index (κ2) is 9.85. The first kappa shape index (κ1) is 24.4. The largest absolute Gasteiger partial charge is 0.368 e. The van der Waals surface area contributed by atoms with E-state index in [1.807, 2.05) is 18.7 Å². The summed E-state index contributed by atoms with van der Waals surface area (Å²) in [6.07, 6.45) is 6.74. The molecular weight excluding hydrogens is 450 g/mol. The molecule has 2 aromatic rings. The van der Waals surface area contributed by atoms with Crippen LogP contribution in [0.25, 0.3) is 0 Å². The van der Waals surface area contributed by atoms with Crippen LogP contribution in [0.15, 0.2) is 11.6 Å². The monoisotopic (exact) mass is 485 g/mol. The topological polar surface area (TPSA) is 117 Å². The van der Waals surface area contributed by atoms with Crippen LogP contribution in [0.2, 0.25) is 0 Å². The molecule has 3 N–H and O–H groups in total. The lowest BCUT2D eigenvalue weighted by molar-refractivity contribution is 0.0507. The minimum absolute atomic E-state index is 0.113. The molecule has 2 fully saturated rings. The van der Waals surface area contributed by atoms with Gasteiger partial charge in [0.1, 0.15) is 17.2 Å². The second-order valence-corrected chi connectivity index (χ2v) is 11.1. The number of anilines is 2. The maximum atomic E-state index is 13.5. The summed E-state index contributed by atoms with van der Waals surface area (Å²) in [6, 6.07) is 0. The fourth-order valence-corrected chi connectivity index (χ4v) is 5.70. The number of hydrogen-bond acceptors (Lipinski definition) is 8. The Bertz CT molecular complexity index is 1050. The first-order valence-electron chi connectivity index (χ1n) is 12.1. The van der Waals surface area contributed by atoms with E-state index in [0.29, 0.717) is 31.2 Å². The van der Waals surface area contributed by atoms with Gasteiger partial charge in [-0.1, -0.05) is 26.7 Å². The lowest BCUT2D eigenvalue weighted by Gasteiger charge is -2.47. The van der Waals surface area contributed by atoms with E-state index in [9.17, 15) is 9.59 Å². The molecule has 0 atom stereocenters. The Morgan fingerprint density at radius 3 is 2.56 bits per heavy atom. The average molecular weight is 486 g/mol. The molecule has 3 heterocycles. The summed E-state index contributed by atoms with van der Waals surface area (Å²) >= 11 is 1.39. The van der Waals surface area contributed by atoms with Crippen LogP contribution in [0, 0.1) is 5.92 Å². The Kier molecular flexibility index (Phi) is 7.06. The predicted molar refractivity (Wildman–Crippen MR) is 135 cm³/mol. The van der Waals surface area contributed by atoms with Crippen LogP contribution in [-0.2, 0) is 0 Å². The van der Waals surface area contributed by atoms with Gasteiger partial charge in [0.2, 0.25) is 0 Å². The molecule has 0 radical (unpaired) electrons. The number of nitrogens with two attached hydrogens (primary N) is 1. The highest BCUT2D eigenvalue weighted by molar-refractivity contribution is 7.13. The number of thiazole rings is 1. The smallest absolute Gasteiger partial charge is 0.274 e. The maximum Gasteiger partial charge on any atom is 0.274 e. The number of piperazine rings is 1. The molecule has 0 aromatic carbocycles. The standard InChI is InChI=1S/C24H35N7O2S/c1-15(2)19-21(26-11-16-7-5-6-8-16)27-12-17(28-19)22(33)31-10-9-30(14-24(31,3)4)23-29-18(13-34-23)20(25)32/h12-13,15-16H,5-11,14H2,1-4H3,(H2,25,32)(H,26,27). The highest BCUT2D eigenvalue weighted by atomic mass is 32.1. The highest BCUT2D eigenvalue weighted by Gasteiger charge is 2.39. The van der Waals surface area contributed by atoms with Gasteiger partial charge in [0.05, 0.1) is 17.4 Å². The molecule has 1 aliphatic carbocycles. The number of aromatic nitrogens is 3. The third-order valence-electron chi connectivity index (χ3n) is 6.76. The summed E-state index contributed by atoms with van der Waals surface area (Å²) in [5.74, 6) is 0.990. The van der Waals surface area contributed by atoms with Crippen molar-refractivity contribution in [3.63, 3.8) is 0 Å². The first-order chi connectivity index (χ1) is 16.2. The number of carbonyl (C=O) groups is 2. The summed E-state index contributed by atoms with van der Waals surface area (Å²) in [6.45, 7) is 10.9. The summed E-state index contributed by atoms with van der Waals surface area (Å²) < 4.78 is 0. The van der Waals surface area contributed by atoms with E-state index >= 15 is 0 Å². The molecule has 184 valence electrons. The third-order valence-corrected chi connectivity index (χ3v) is 7.66. The minimum atomic E-state index is -0.531. The fourth-order valence-electron chi connectivity index (χ4n) is 4.86. The summed E-state index contributed by atoms with van der Waals surface area (Å²) in [5.41, 5.74) is 6.38. The third kappa shape index (κ3) is 5.16. The summed E-state index contributed by atoms with van der Waals surface area (Å²) in [7, 11) is 0. The molecule has 1 saturated heterocycles. The van der Waals surface area contributed by atoms with E-state index in [-0.39, 0.29) is 17.5 Å². The van der Waals surface area contributed by atoms with Crippen molar-refractivity contribution >= 4 is 34.1 Å². The summed E-state index contributed by atoms with van der Waals surface area (Å²) in [5, 5.41) is 5.91. The van der Waals surface area contributed by atoms with Gasteiger partial charge < -0.3 is 20.9 Å². The lowest BCUT2D eigenvalue weighted by Crippen LogP contribution is -2.61. The zero-order valence-corrected chi connectivity index (χ0v) is 21.3. The molecule has 2 aromatic heterocycles. The molecule has 9 nitrogen and oxygen atoms in total. The summed E-state index contributed by atoms with van der Waals surface area (Å²) in [4.78, 5) is 42.6. The van der Waals surface area contributed by atoms with Crippen LogP contribution >= 0.6 is 11.3 Å². The van der Waals surface area contributed by atoms with Gasteiger partial charge in [-0.15, -0.1) is 11.3 Å². The van der Waals surface area contributed by atoms with Crippen LogP contribution in [0.3, 0.4) is 0 Å². The van der Waals surface area contributed by atoms with Crippen molar-refractivity contribution in [2.24, 2.45) is 11.7 Å². The molecule has 1 saturated carbocycles. The number of amides is 2.